The van der Waals surface area contributed by atoms with Gasteiger partial charge in [0, 0.05) is 6.08 Å². The molecule has 0 aliphatic heterocycles. The van der Waals surface area contributed by atoms with Gasteiger partial charge in [0.2, 0.25) is 0 Å². The Labute approximate surface area is 184 Å². The van der Waals surface area contributed by atoms with Gasteiger partial charge in [-0.05, 0) is 58.0 Å². The van der Waals surface area contributed by atoms with Crippen LogP contribution < -0.4 is 11.5 Å². The molecule has 0 fully saturated rings. The van der Waals surface area contributed by atoms with E-state index >= 15 is 0 Å². The number of aliphatic carboxylic acids is 1. The Kier molecular flexibility index (Phi) is 8.64. The molecule has 160 valence electrons. The molecule has 4 heteroatoms. The van der Waals surface area contributed by atoms with Crippen LogP contribution in [0.4, 0.5) is 11.4 Å². The van der Waals surface area contributed by atoms with Crippen LogP contribution in [-0.4, -0.2) is 11.1 Å². The maximum atomic E-state index is 10.8. The van der Waals surface area contributed by atoms with E-state index < -0.39 is 5.97 Å². The molecule has 0 atom stereocenters. The van der Waals surface area contributed by atoms with Crippen molar-refractivity contribution in [2.75, 3.05) is 11.5 Å². The Morgan fingerprint density at radius 1 is 0.839 bits per heavy atom. The summed E-state index contributed by atoms with van der Waals surface area (Å²) in [5, 5.41) is 8.83. The fraction of sp³-hybridized carbons (Fsp3) is 0.148. The number of benzene rings is 3. The van der Waals surface area contributed by atoms with Crippen LogP contribution in [0.2, 0.25) is 0 Å². The Bertz CT molecular complexity index is 1070. The van der Waals surface area contributed by atoms with Crippen molar-refractivity contribution in [3.05, 3.63) is 101 Å². The molecule has 3 rings (SSSR count). The monoisotopic (exact) mass is 414 g/mol. The first-order valence-corrected chi connectivity index (χ1v) is 10.4. The molecule has 0 aliphatic carbocycles. The van der Waals surface area contributed by atoms with Gasteiger partial charge < -0.3 is 16.6 Å². The molecular formula is C27H30N2O2. The molecule has 0 aliphatic rings. The predicted octanol–water partition coefficient (Wildman–Crippen LogP) is 6.34. The lowest BCUT2D eigenvalue weighted by Gasteiger charge is -2.17. The van der Waals surface area contributed by atoms with Gasteiger partial charge >= 0.3 is 5.97 Å². The van der Waals surface area contributed by atoms with Crippen LogP contribution in [0.3, 0.4) is 0 Å². The van der Waals surface area contributed by atoms with E-state index in [1.165, 1.54) is 5.57 Å². The van der Waals surface area contributed by atoms with Crippen molar-refractivity contribution < 1.29 is 9.90 Å². The van der Waals surface area contributed by atoms with Crippen molar-refractivity contribution in [1.29, 1.82) is 0 Å². The largest absolute Gasteiger partial charge is 0.478 e. The average molecular weight is 415 g/mol. The summed E-state index contributed by atoms with van der Waals surface area (Å²) in [6, 6.07) is 23.8. The summed E-state index contributed by atoms with van der Waals surface area (Å²) in [6.45, 7) is 6.13. The topological polar surface area (TPSA) is 89.3 Å². The first-order chi connectivity index (χ1) is 15.0. The first kappa shape index (κ1) is 23.5. The highest BCUT2D eigenvalue weighted by Gasteiger charge is 2.14. The van der Waals surface area contributed by atoms with E-state index in [0.29, 0.717) is 11.4 Å². The van der Waals surface area contributed by atoms with E-state index in [4.69, 9.17) is 16.6 Å². The molecular weight excluding hydrogens is 384 g/mol. The van der Waals surface area contributed by atoms with Crippen molar-refractivity contribution in [2.45, 2.75) is 27.2 Å². The summed E-state index contributed by atoms with van der Waals surface area (Å²) in [6.07, 6.45) is 3.55. The highest BCUT2D eigenvalue weighted by molar-refractivity contribution is 5.99. The van der Waals surface area contributed by atoms with E-state index in [9.17, 15) is 4.79 Å². The van der Waals surface area contributed by atoms with Gasteiger partial charge in [0.25, 0.3) is 0 Å². The lowest BCUT2D eigenvalue weighted by Crippen LogP contribution is -1.99. The number of anilines is 2. The molecule has 0 spiro atoms. The molecule has 3 aromatic rings. The average Bonchev–Trinajstić information content (AvgIpc) is 2.80. The van der Waals surface area contributed by atoms with Gasteiger partial charge in [0.1, 0.15) is 0 Å². The smallest absolute Gasteiger partial charge is 0.328 e. The SMILES string of the molecule is CC.CC/C(=C(/c1ccc(/C=C/C(=O)O)cc1)c1ccc(N)c(N)c1)c1ccccc1. The van der Waals surface area contributed by atoms with E-state index in [0.717, 1.165) is 40.3 Å². The summed E-state index contributed by atoms with van der Waals surface area (Å²) < 4.78 is 0. The molecule has 0 saturated carbocycles. The number of hydrogen-bond donors (Lipinski definition) is 3. The highest BCUT2D eigenvalue weighted by atomic mass is 16.4. The molecule has 0 saturated heterocycles. The number of carboxylic acids is 1. The molecule has 0 unspecified atom stereocenters. The van der Waals surface area contributed by atoms with Crippen LogP contribution in [0.5, 0.6) is 0 Å². The lowest BCUT2D eigenvalue weighted by molar-refractivity contribution is -0.131. The normalized spacial score (nSPS) is 11.5. The maximum Gasteiger partial charge on any atom is 0.328 e. The molecule has 31 heavy (non-hydrogen) atoms. The fourth-order valence-corrected chi connectivity index (χ4v) is 3.34. The summed E-state index contributed by atoms with van der Waals surface area (Å²) in [5.41, 5.74) is 19.4. The van der Waals surface area contributed by atoms with Gasteiger partial charge in [-0.25, -0.2) is 4.79 Å². The number of hydrogen-bond acceptors (Lipinski definition) is 3. The minimum Gasteiger partial charge on any atom is -0.478 e. The Balaban J connectivity index is 0.00000166. The van der Waals surface area contributed by atoms with Gasteiger partial charge in [-0.1, -0.05) is 81.4 Å². The zero-order valence-electron chi connectivity index (χ0n) is 18.3. The molecule has 0 bridgehead atoms. The molecule has 0 aromatic heterocycles. The van der Waals surface area contributed by atoms with E-state index in [-0.39, 0.29) is 0 Å². The fourth-order valence-electron chi connectivity index (χ4n) is 3.34. The van der Waals surface area contributed by atoms with Gasteiger partial charge in [0.15, 0.2) is 0 Å². The second-order valence-electron chi connectivity index (χ2n) is 6.71. The van der Waals surface area contributed by atoms with Crippen LogP contribution in [0.25, 0.3) is 17.2 Å². The minimum absolute atomic E-state index is 0.546. The number of rotatable bonds is 6. The van der Waals surface area contributed by atoms with E-state index in [1.54, 1.807) is 6.08 Å². The van der Waals surface area contributed by atoms with Crippen LogP contribution in [0.15, 0.2) is 78.9 Å². The standard InChI is InChI=1S/C25H24N2O2.C2H6/c1-2-21(18-6-4-3-5-7-18)25(20-13-14-22(26)23(27)16-20)19-11-8-17(9-12-19)10-15-24(28)29;1-2/h3-16H,2,26-27H2,1H3,(H,28,29);1-2H3/b15-10+,25-21+;. The highest BCUT2D eigenvalue weighted by Crippen LogP contribution is 2.36. The number of carbonyl (C=O) groups is 1. The second-order valence-corrected chi connectivity index (χ2v) is 6.71. The quantitative estimate of drug-likeness (QED) is 0.249. The van der Waals surface area contributed by atoms with Crippen LogP contribution in [0.1, 0.15) is 49.4 Å². The summed E-state index contributed by atoms with van der Waals surface area (Å²) in [5.74, 6) is -0.968. The van der Waals surface area contributed by atoms with Crippen molar-refractivity contribution in [2.24, 2.45) is 0 Å². The van der Waals surface area contributed by atoms with Crippen LogP contribution in [0, 0.1) is 0 Å². The third-order valence-electron chi connectivity index (χ3n) is 4.77. The zero-order chi connectivity index (χ0) is 22.8. The number of allylic oxidation sites excluding steroid dienone is 1. The summed E-state index contributed by atoms with van der Waals surface area (Å²) in [4.78, 5) is 10.8. The van der Waals surface area contributed by atoms with E-state index in [2.05, 4.69) is 19.1 Å². The Morgan fingerprint density at radius 2 is 1.45 bits per heavy atom. The minimum atomic E-state index is -0.968. The van der Waals surface area contributed by atoms with Crippen LogP contribution in [-0.2, 0) is 4.79 Å². The molecule has 5 N–H and O–H groups in total. The number of nitrogen functional groups attached to an aromatic ring is 2. The van der Waals surface area contributed by atoms with Crippen molar-refractivity contribution in [3.8, 4) is 0 Å². The molecule has 0 radical (unpaired) electrons. The van der Waals surface area contributed by atoms with Crippen molar-refractivity contribution in [1.82, 2.24) is 0 Å². The molecule has 0 amide bonds. The number of nitrogens with two attached hydrogens (primary N) is 2. The summed E-state index contributed by atoms with van der Waals surface area (Å²) in [7, 11) is 0. The van der Waals surface area contributed by atoms with Gasteiger partial charge in [-0.2, -0.15) is 0 Å². The van der Waals surface area contributed by atoms with Crippen LogP contribution >= 0.6 is 0 Å². The van der Waals surface area contributed by atoms with Gasteiger partial charge in [0.05, 0.1) is 11.4 Å². The molecule has 3 aromatic carbocycles. The van der Waals surface area contributed by atoms with E-state index in [1.807, 2.05) is 74.5 Å². The predicted molar refractivity (Wildman–Crippen MR) is 132 cm³/mol. The van der Waals surface area contributed by atoms with Gasteiger partial charge in [-0.3, -0.25) is 0 Å². The third kappa shape index (κ3) is 6.09. The van der Waals surface area contributed by atoms with Crippen molar-refractivity contribution >= 4 is 34.6 Å². The zero-order valence-corrected chi connectivity index (χ0v) is 18.3. The second kappa shape index (κ2) is 11.4. The third-order valence-corrected chi connectivity index (χ3v) is 4.77. The van der Waals surface area contributed by atoms with Gasteiger partial charge in [-0.15, -0.1) is 0 Å². The first-order valence-electron chi connectivity index (χ1n) is 10.4. The van der Waals surface area contributed by atoms with Crippen molar-refractivity contribution in [3.63, 3.8) is 0 Å². The number of carboxylic acid groups (broad SMARTS) is 1. The molecule has 0 heterocycles. The maximum absolute atomic E-state index is 10.8. The summed E-state index contributed by atoms with van der Waals surface area (Å²) >= 11 is 0. The lowest BCUT2D eigenvalue weighted by atomic mass is 9.87. The molecule has 4 nitrogen and oxygen atoms in total. The Hall–Kier alpha value is -3.79. The Morgan fingerprint density at radius 3 is 2.00 bits per heavy atom.